The van der Waals surface area contributed by atoms with E-state index in [4.69, 9.17) is 5.73 Å². The van der Waals surface area contributed by atoms with E-state index in [9.17, 15) is 4.79 Å². The Kier molecular flexibility index (Phi) is 4.25. The molecule has 1 aliphatic carbocycles. The molecule has 1 fully saturated rings. The summed E-state index contributed by atoms with van der Waals surface area (Å²) in [6.07, 6.45) is 2.36. The molecule has 1 aromatic rings. The molecular weight excluding hydrogens is 236 g/mol. The number of nitrogens with zero attached hydrogens (tertiary/aromatic N) is 1. The van der Waals surface area contributed by atoms with E-state index < -0.39 is 0 Å². The third-order valence-corrected chi connectivity index (χ3v) is 3.94. The van der Waals surface area contributed by atoms with E-state index >= 15 is 0 Å². The molecule has 1 amide bonds. The van der Waals surface area contributed by atoms with E-state index in [0.717, 1.165) is 6.54 Å². The smallest absolute Gasteiger partial charge is 0.234 e. The van der Waals surface area contributed by atoms with Gasteiger partial charge in [0.1, 0.15) is 0 Å². The molecule has 0 bridgehead atoms. The maximum Gasteiger partial charge on any atom is 0.234 e. The maximum atomic E-state index is 11.4. The van der Waals surface area contributed by atoms with Crippen molar-refractivity contribution in [1.82, 2.24) is 4.90 Å². The van der Waals surface area contributed by atoms with Crippen molar-refractivity contribution in [2.45, 2.75) is 58.2 Å². The van der Waals surface area contributed by atoms with Crippen LogP contribution in [0, 0.1) is 0 Å². The van der Waals surface area contributed by atoms with Crippen LogP contribution in [0.15, 0.2) is 24.3 Å². The first-order valence-electron chi connectivity index (χ1n) is 7.13. The highest BCUT2D eigenvalue weighted by atomic mass is 16.1. The number of hydrogen-bond donors (Lipinski definition) is 1. The van der Waals surface area contributed by atoms with Crippen molar-refractivity contribution in [3.63, 3.8) is 0 Å². The minimum Gasteiger partial charge on any atom is -0.368 e. The number of rotatable bonds is 6. The lowest BCUT2D eigenvalue weighted by atomic mass is 10.0. The van der Waals surface area contributed by atoms with Gasteiger partial charge in [-0.05, 0) is 36.8 Å². The number of carbonyl (C=O) groups excluding carboxylic acids is 1. The minimum absolute atomic E-state index is 0.183. The van der Waals surface area contributed by atoms with Crippen molar-refractivity contribution in [2.75, 3.05) is 0 Å². The molecule has 0 radical (unpaired) electrons. The molecule has 0 heterocycles. The van der Waals surface area contributed by atoms with Crippen molar-refractivity contribution < 1.29 is 4.79 Å². The molecular formula is C16H24N2O. The first-order chi connectivity index (χ1) is 8.99. The van der Waals surface area contributed by atoms with Crippen LogP contribution < -0.4 is 5.73 Å². The summed E-state index contributed by atoms with van der Waals surface area (Å²) in [6.45, 7) is 7.11. The van der Waals surface area contributed by atoms with Gasteiger partial charge in [-0.25, -0.2) is 0 Å². The second-order valence-electron chi connectivity index (χ2n) is 5.88. The highest BCUT2D eigenvalue weighted by Gasteiger charge is 2.34. The van der Waals surface area contributed by atoms with Gasteiger partial charge < -0.3 is 5.73 Å². The minimum atomic E-state index is -0.231. The van der Waals surface area contributed by atoms with Crippen molar-refractivity contribution in [1.29, 1.82) is 0 Å². The van der Waals surface area contributed by atoms with Gasteiger partial charge in [0.25, 0.3) is 0 Å². The fourth-order valence-corrected chi connectivity index (χ4v) is 2.37. The van der Waals surface area contributed by atoms with Gasteiger partial charge in [0.05, 0.1) is 6.04 Å². The standard InChI is InChI=1S/C16H24N2O/c1-11(2)14-6-4-13(5-7-14)10-18(15-8-9-15)12(3)16(17)19/h4-7,11-12,15H,8-10H2,1-3H3,(H2,17,19)/t12-/m1/s1. The molecule has 2 rings (SSSR count). The zero-order chi connectivity index (χ0) is 14.0. The highest BCUT2D eigenvalue weighted by Crippen LogP contribution is 2.30. The number of amides is 1. The monoisotopic (exact) mass is 260 g/mol. The molecule has 3 nitrogen and oxygen atoms in total. The first-order valence-corrected chi connectivity index (χ1v) is 7.13. The summed E-state index contributed by atoms with van der Waals surface area (Å²) in [7, 11) is 0. The van der Waals surface area contributed by atoms with Crippen LogP contribution in [0.5, 0.6) is 0 Å². The van der Waals surface area contributed by atoms with Gasteiger partial charge >= 0.3 is 0 Å². The Labute approximate surface area is 115 Å². The van der Waals surface area contributed by atoms with E-state index in [0.29, 0.717) is 12.0 Å². The van der Waals surface area contributed by atoms with E-state index in [1.54, 1.807) is 0 Å². The Morgan fingerprint density at radius 3 is 2.26 bits per heavy atom. The fraction of sp³-hybridized carbons (Fsp3) is 0.562. The second kappa shape index (κ2) is 5.74. The summed E-state index contributed by atoms with van der Waals surface area (Å²) in [4.78, 5) is 13.6. The van der Waals surface area contributed by atoms with Gasteiger partial charge in [0, 0.05) is 12.6 Å². The predicted octanol–water partition coefficient (Wildman–Crippen LogP) is 2.65. The van der Waals surface area contributed by atoms with Gasteiger partial charge in [0.2, 0.25) is 5.91 Å². The molecule has 1 saturated carbocycles. The molecule has 0 aromatic heterocycles. The van der Waals surface area contributed by atoms with Gasteiger partial charge in [-0.3, -0.25) is 9.69 Å². The van der Waals surface area contributed by atoms with E-state index in [1.165, 1.54) is 24.0 Å². The van der Waals surface area contributed by atoms with Crippen molar-refractivity contribution in [2.24, 2.45) is 5.73 Å². The molecule has 0 aliphatic heterocycles. The summed E-state index contributed by atoms with van der Waals surface area (Å²) < 4.78 is 0. The third-order valence-electron chi connectivity index (χ3n) is 3.94. The highest BCUT2D eigenvalue weighted by molar-refractivity contribution is 5.79. The molecule has 19 heavy (non-hydrogen) atoms. The van der Waals surface area contributed by atoms with Crippen LogP contribution in [-0.2, 0) is 11.3 Å². The maximum absolute atomic E-state index is 11.4. The van der Waals surface area contributed by atoms with E-state index in [2.05, 4.69) is 43.0 Å². The normalized spacial score (nSPS) is 16.9. The molecule has 3 heteroatoms. The lowest BCUT2D eigenvalue weighted by molar-refractivity contribution is -0.123. The lowest BCUT2D eigenvalue weighted by Crippen LogP contribution is -2.43. The quantitative estimate of drug-likeness (QED) is 0.854. The number of hydrogen-bond acceptors (Lipinski definition) is 2. The van der Waals surface area contributed by atoms with Gasteiger partial charge in [0.15, 0.2) is 0 Å². The Morgan fingerprint density at radius 1 is 1.26 bits per heavy atom. The summed E-state index contributed by atoms with van der Waals surface area (Å²) >= 11 is 0. The first kappa shape index (κ1) is 14.1. The Bertz CT molecular complexity index is 435. The fourth-order valence-electron chi connectivity index (χ4n) is 2.37. The Morgan fingerprint density at radius 2 is 1.84 bits per heavy atom. The summed E-state index contributed by atoms with van der Waals surface area (Å²) in [5, 5.41) is 0. The number of nitrogens with two attached hydrogens (primary N) is 1. The zero-order valence-corrected chi connectivity index (χ0v) is 12.1. The summed E-state index contributed by atoms with van der Waals surface area (Å²) in [5.74, 6) is 0.323. The largest absolute Gasteiger partial charge is 0.368 e. The lowest BCUT2D eigenvalue weighted by Gasteiger charge is -2.27. The van der Waals surface area contributed by atoms with Crippen LogP contribution in [0.25, 0.3) is 0 Å². The van der Waals surface area contributed by atoms with Gasteiger partial charge in [-0.1, -0.05) is 38.1 Å². The molecule has 2 N–H and O–H groups in total. The summed E-state index contributed by atoms with van der Waals surface area (Å²) in [6, 6.07) is 9.04. The Balaban J connectivity index is 2.06. The van der Waals surface area contributed by atoms with Crippen molar-refractivity contribution in [3.8, 4) is 0 Å². The van der Waals surface area contributed by atoms with Crippen molar-refractivity contribution in [3.05, 3.63) is 35.4 Å². The van der Waals surface area contributed by atoms with E-state index in [1.807, 2.05) is 6.92 Å². The van der Waals surface area contributed by atoms with Crippen molar-refractivity contribution >= 4 is 5.91 Å². The molecule has 1 aromatic carbocycles. The average Bonchev–Trinajstić information content (AvgIpc) is 3.19. The molecule has 1 atom stereocenters. The van der Waals surface area contributed by atoms with Crippen LogP contribution in [-0.4, -0.2) is 22.9 Å². The molecule has 104 valence electrons. The SMILES string of the molecule is CC(C)c1ccc(CN(C2CC2)[C@H](C)C(N)=O)cc1. The number of primary amides is 1. The molecule has 0 saturated heterocycles. The van der Waals surface area contributed by atoms with Crippen LogP contribution in [0.4, 0.5) is 0 Å². The molecule has 0 unspecified atom stereocenters. The van der Waals surface area contributed by atoms with Crippen LogP contribution in [0.1, 0.15) is 50.7 Å². The predicted molar refractivity (Wildman–Crippen MR) is 77.8 cm³/mol. The van der Waals surface area contributed by atoms with Gasteiger partial charge in [-0.2, -0.15) is 0 Å². The average molecular weight is 260 g/mol. The second-order valence-corrected chi connectivity index (χ2v) is 5.88. The third kappa shape index (κ3) is 3.57. The van der Waals surface area contributed by atoms with Crippen LogP contribution in [0.3, 0.4) is 0 Å². The zero-order valence-electron chi connectivity index (χ0n) is 12.1. The summed E-state index contributed by atoms with van der Waals surface area (Å²) in [5.41, 5.74) is 8.04. The molecule has 1 aliphatic rings. The van der Waals surface area contributed by atoms with E-state index in [-0.39, 0.29) is 11.9 Å². The van der Waals surface area contributed by atoms with Crippen LogP contribution >= 0.6 is 0 Å². The number of benzene rings is 1. The van der Waals surface area contributed by atoms with Crippen LogP contribution in [0.2, 0.25) is 0 Å². The molecule has 0 spiro atoms. The van der Waals surface area contributed by atoms with Gasteiger partial charge in [-0.15, -0.1) is 0 Å². The Hall–Kier alpha value is -1.35. The number of carbonyl (C=O) groups is 1. The topological polar surface area (TPSA) is 46.3 Å².